The highest BCUT2D eigenvalue weighted by atomic mass is 16.5. The van der Waals surface area contributed by atoms with E-state index in [1.54, 1.807) is 27.7 Å². The molecule has 0 fully saturated rings. The third-order valence-corrected chi connectivity index (χ3v) is 2.18. The van der Waals surface area contributed by atoms with E-state index in [0.29, 0.717) is 12.3 Å². The van der Waals surface area contributed by atoms with Crippen molar-refractivity contribution in [2.24, 2.45) is 11.8 Å². The van der Waals surface area contributed by atoms with Crippen molar-refractivity contribution in [2.75, 3.05) is 0 Å². The van der Waals surface area contributed by atoms with Crippen LogP contribution in [-0.2, 0) is 14.3 Å². The Bertz CT molecular complexity index is 259. The van der Waals surface area contributed by atoms with E-state index in [2.05, 4.69) is 5.32 Å². The summed E-state index contributed by atoms with van der Waals surface area (Å²) in [7, 11) is 0. The summed E-state index contributed by atoms with van der Waals surface area (Å²) in [5.41, 5.74) is 0. The summed E-state index contributed by atoms with van der Waals surface area (Å²) in [5.74, 6) is -0.261. The average Bonchev–Trinajstić information content (AvgIpc) is 2.14. The van der Waals surface area contributed by atoms with Gasteiger partial charge in [0.1, 0.15) is 6.04 Å². The van der Waals surface area contributed by atoms with Gasteiger partial charge in [-0.3, -0.25) is 4.79 Å². The third kappa shape index (κ3) is 6.97. The smallest absolute Gasteiger partial charge is 0.328 e. The maximum absolute atomic E-state index is 11.8. The fourth-order valence-electron chi connectivity index (χ4n) is 1.34. The van der Waals surface area contributed by atoms with Gasteiger partial charge in [-0.05, 0) is 26.2 Å². The molecule has 0 aliphatic heterocycles. The summed E-state index contributed by atoms with van der Waals surface area (Å²) in [6, 6.07) is -0.535. The molecule has 0 radical (unpaired) electrons. The molecule has 0 spiro atoms. The predicted octanol–water partition coefficient (Wildman–Crippen LogP) is 2.12. The number of rotatable bonds is 6. The van der Waals surface area contributed by atoms with Crippen LogP contribution in [0.5, 0.6) is 0 Å². The van der Waals surface area contributed by atoms with Gasteiger partial charge in [-0.1, -0.05) is 27.7 Å². The molecule has 0 saturated carbocycles. The molecular formula is C13H25NO3. The second-order valence-corrected chi connectivity index (χ2v) is 5.33. The van der Waals surface area contributed by atoms with Crippen molar-refractivity contribution < 1.29 is 14.3 Å². The van der Waals surface area contributed by atoms with Gasteiger partial charge in [-0.2, -0.15) is 0 Å². The summed E-state index contributed by atoms with van der Waals surface area (Å²) >= 11 is 0. The number of hydrogen-bond donors (Lipinski definition) is 1. The van der Waals surface area contributed by atoms with E-state index in [0.717, 1.165) is 0 Å². The lowest BCUT2D eigenvalue weighted by atomic mass is 10.0. The normalized spacial score (nSPS) is 13.0. The summed E-state index contributed by atoms with van der Waals surface area (Å²) in [6.45, 7) is 11.2. The van der Waals surface area contributed by atoms with Crippen LogP contribution in [0.25, 0.3) is 0 Å². The standard InChI is InChI=1S/C13H25NO3/c1-8(2)7-11(13(16)17-10(5)6)14-12(15)9(3)4/h8-11H,7H2,1-6H3,(H,14,15)/t11-/m0/s1. The van der Waals surface area contributed by atoms with Crippen LogP contribution in [-0.4, -0.2) is 24.0 Å². The van der Waals surface area contributed by atoms with Crippen molar-refractivity contribution in [3.05, 3.63) is 0 Å². The molecule has 4 heteroatoms. The van der Waals surface area contributed by atoms with Gasteiger partial charge >= 0.3 is 5.97 Å². The second-order valence-electron chi connectivity index (χ2n) is 5.33. The maximum Gasteiger partial charge on any atom is 0.328 e. The van der Waals surface area contributed by atoms with Gasteiger partial charge in [0.25, 0.3) is 0 Å². The van der Waals surface area contributed by atoms with Crippen molar-refractivity contribution in [1.29, 1.82) is 0 Å². The van der Waals surface area contributed by atoms with E-state index in [1.807, 2.05) is 13.8 Å². The first-order valence-corrected chi connectivity index (χ1v) is 6.24. The minimum absolute atomic E-state index is 0.114. The van der Waals surface area contributed by atoms with Crippen LogP contribution in [0.4, 0.5) is 0 Å². The Labute approximate surface area is 104 Å². The molecule has 0 aromatic carbocycles. The predicted molar refractivity (Wildman–Crippen MR) is 67.5 cm³/mol. The summed E-state index contributed by atoms with van der Waals surface area (Å²) in [4.78, 5) is 23.4. The number of esters is 1. The quantitative estimate of drug-likeness (QED) is 0.727. The van der Waals surface area contributed by atoms with Crippen LogP contribution >= 0.6 is 0 Å². The molecule has 0 aliphatic carbocycles. The average molecular weight is 243 g/mol. The van der Waals surface area contributed by atoms with Crippen LogP contribution in [0, 0.1) is 11.8 Å². The Morgan fingerprint density at radius 2 is 1.59 bits per heavy atom. The van der Waals surface area contributed by atoms with Gasteiger partial charge in [-0.15, -0.1) is 0 Å². The molecule has 0 aliphatic rings. The Morgan fingerprint density at radius 3 is 1.94 bits per heavy atom. The van der Waals surface area contributed by atoms with Crippen LogP contribution in [0.15, 0.2) is 0 Å². The Hall–Kier alpha value is -1.06. The molecule has 1 N–H and O–H groups in total. The molecule has 17 heavy (non-hydrogen) atoms. The zero-order chi connectivity index (χ0) is 13.6. The molecular weight excluding hydrogens is 218 g/mol. The lowest BCUT2D eigenvalue weighted by Gasteiger charge is -2.21. The molecule has 0 saturated heterocycles. The largest absolute Gasteiger partial charge is 0.461 e. The fourth-order valence-corrected chi connectivity index (χ4v) is 1.34. The number of amides is 1. The number of nitrogens with one attached hydrogen (secondary N) is 1. The van der Waals surface area contributed by atoms with Crippen LogP contribution in [0.1, 0.15) is 48.0 Å². The van der Waals surface area contributed by atoms with E-state index < -0.39 is 6.04 Å². The van der Waals surface area contributed by atoms with Crippen molar-refractivity contribution in [2.45, 2.75) is 60.1 Å². The highest BCUT2D eigenvalue weighted by Crippen LogP contribution is 2.08. The highest BCUT2D eigenvalue weighted by molar-refractivity contribution is 5.85. The summed E-state index contributed by atoms with van der Waals surface area (Å²) in [6.07, 6.45) is 0.442. The molecule has 0 unspecified atom stereocenters. The Kier molecular flexibility index (Phi) is 6.85. The fraction of sp³-hybridized carbons (Fsp3) is 0.846. The number of ether oxygens (including phenoxy) is 1. The van der Waals surface area contributed by atoms with E-state index >= 15 is 0 Å². The topological polar surface area (TPSA) is 55.4 Å². The third-order valence-electron chi connectivity index (χ3n) is 2.18. The molecule has 4 nitrogen and oxygen atoms in total. The number of hydrogen-bond acceptors (Lipinski definition) is 3. The molecule has 100 valence electrons. The molecule has 0 bridgehead atoms. The lowest BCUT2D eigenvalue weighted by Crippen LogP contribution is -2.44. The van der Waals surface area contributed by atoms with Gasteiger partial charge in [-0.25, -0.2) is 4.79 Å². The molecule has 0 aromatic heterocycles. The van der Waals surface area contributed by atoms with E-state index in [-0.39, 0.29) is 23.9 Å². The zero-order valence-electron chi connectivity index (χ0n) is 11.7. The van der Waals surface area contributed by atoms with Gasteiger partial charge in [0, 0.05) is 5.92 Å². The van der Waals surface area contributed by atoms with Crippen molar-refractivity contribution in [3.63, 3.8) is 0 Å². The maximum atomic E-state index is 11.8. The minimum atomic E-state index is -0.535. The molecule has 0 heterocycles. The summed E-state index contributed by atoms with van der Waals surface area (Å²) in [5, 5.41) is 2.74. The van der Waals surface area contributed by atoms with Gasteiger partial charge in [0.05, 0.1) is 6.10 Å². The lowest BCUT2D eigenvalue weighted by molar-refractivity contribution is -0.152. The first-order chi connectivity index (χ1) is 7.73. The van der Waals surface area contributed by atoms with Crippen molar-refractivity contribution >= 4 is 11.9 Å². The van der Waals surface area contributed by atoms with E-state index in [1.165, 1.54) is 0 Å². The van der Waals surface area contributed by atoms with Crippen LogP contribution < -0.4 is 5.32 Å². The molecule has 0 rings (SSSR count). The van der Waals surface area contributed by atoms with E-state index in [9.17, 15) is 9.59 Å². The highest BCUT2D eigenvalue weighted by Gasteiger charge is 2.24. The molecule has 0 aromatic rings. The van der Waals surface area contributed by atoms with Crippen LogP contribution in [0.2, 0.25) is 0 Å². The van der Waals surface area contributed by atoms with Gasteiger partial charge < -0.3 is 10.1 Å². The summed E-state index contributed by atoms with van der Waals surface area (Å²) < 4.78 is 5.14. The monoisotopic (exact) mass is 243 g/mol. The second kappa shape index (κ2) is 7.30. The number of carbonyl (C=O) groups is 2. The first kappa shape index (κ1) is 15.9. The zero-order valence-corrected chi connectivity index (χ0v) is 11.7. The van der Waals surface area contributed by atoms with Gasteiger partial charge in [0.2, 0.25) is 5.91 Å². The molecule has 1 atom stereocenters. The Balaban J connectivity index is 4.53. The van der Waals surface area contributed by atoms with Gasteiger partial charge in [0.15, 0.2) is 0 Å². The first-order valence-electron chi connectivity index (χ1n) is 6.24. The van der Waals surface area contributed by atoms with Crippen LogP contribution in [0.3, 0.4) is 0 Å². The molecule has 1 amide bonds. The SMILES string of the molecule is CC(C)C[C@H](NC(=O)C(C)C)C(=O)OC(C)C. The minimum Gasteiger partial charge on any atom is -0.461 e. The Morgan fingerprint density at radius 1 is 1.06 bits per heavy atom. The number of carbonyl (C=O) groups excluding carboxylic acids is 2. The van der Waals surface area contributed by atoms with E-state index in [4.69, 9.17) is 4.74 Å². The van der Waals surface area contributed by atoms with Crippen molar-refractivity contribution in [3.8, 4) is 0 Å². The van der Waals surface area contributed by atoms with Crippen molar-refractivity contribution in [1.82, 2.24) is 5.32 Å².